The van der Waals surface area contributed by atoms with Gasteiger partial charge in [0, 0.05) is 26.7 Å². The van der Waals surface area contributed by atoms with E-state index in [2.05, 4.69) is 45.8 Å². The molecule has 2 aromatic heterocycles. The summed E-state index contributed by atoms with van der Waals surface area (Å²) in [5.74, 6) is 0.153. The molecule has 10 heteroatoms. The van der Waals surface area contributed by atoms with E-state index >= 15 is 0 Å². The summed E-state index contributed by atoms with van der Waals surface area (Å²) in [4.78, 5) is 15.1. The third-order valence-electron chi connectivity index (χ3n) is 5.33. The van der Waals surface area contributed by atoms with E-state index in [9.17, 15) is 5.11 Å². The standard InChI is InChI=1S/C22H30N6O4/c1-14-10-27(11-15(2)32-14)12-16-5-4-6-17(9-16)13-28-20-18(24-22(28)29)19(23)25-21(26-20)31-8-7-30-3/h4-6,9,14-15H,7-8,10-13H2,1-3H3,(H,24,29)(H2,23,25,26). The first-order valence-corrected chi connectivity index (χ1v) is 10.7. The van der Waals surface area contributed by atoms with Crippen LogP contribution in [-0.2, 0) is 22.6 Å². The number of nitrogens with zero attached hydrogens (tertiary/aromatic N) is 5. The van der Waals surface area contributed by atoms with E-state index in [1.54, 1.807) is 11.7 Å². The van der Waals surface area contributed by atoms with Crippen molar-refractivity contribution < 1.29 is 19.3 Å². The number of nitrogen functional groups attached to an aromatic ring is 1. The molecule has 1 aromatic carbocycles. The number of aromatic hydroxyl groups is 1. The lowest BCUT2D eigenvalue weighted by Gasteiger charge is -2.35. The molecule has 0 amide bonds. The summed E-state index contributed by atoms with van der Waals surface area (Å²) in [6.07, 6.45) is 0.447. The average Bonchev–Trinajstić information content (AvgIpc) is 3.04. The molecular weight excluding hydrogens is 412 g/mol. The second-order valence-electron chi connectivity index (χ2n) is 8.17. The van der Waals surface area contributed by atoms with Gasteiger partial charge in [0.05, 0.1) is 25.4 Å². The summed E-state index contributed by atoms with van der Waals surface area (Å²) in [7, 11) is 1.59. The van der Waals surface area contributed by atoms with Crippen LogP contribution >= 0.6 is 0 Å². The highest BCUT2D eigenvalue weighted by Crippen LogP contribution is 2.26. The number of hydrogen-bond donors (Lipinski definition) is 2. The van der Waals surface area contributed by atoms with Crippen LogP contribution in [0.25, 0.3) is 11.2 Å². The lowest BCUT2D eigenvalue weighted by Crippen LogP contribution is -2.44. The van der Waals surface area contributed by atoms with Crippen LogP contribution in [0.3, 0.4) is 0 Å². The van der Waals surface area contributed by atoms with Gasteiger partial charge in [-0.1, -0.05) is 24.3 Å². The molecule has 10 nitrogen and oxygen atoms in total. The zero-order valence-corrected chi connectivity index (χ0v) is 18.7. The fourth-order valence-electron chi connectivity index (χ4n) is 4.10. The highest BCUT2D eigenvalue weighted by molar-refractivity contribution is 5.83. The van der Waals surface area contributed by atoms with Crippen LogP contribution in [0.2, 0.25) is 0 Å². The average molecular weight is 443 g/mol. The molecule has 0 radical (unpaired) electrons. The van der Waals surface area contributed by atoms with Crippen LogP contribution in [0.1, 0.15) is 25.0 Å². The number of nitrogens with two attached hydrogens (primary N) is 1. The van der Waals surface area contributed by atoms with Crippen molar-refractivity contribution in [3.8, 4) is 12.0 Å². The lowest BCUT2D eigenvalue weighted by atomic mass is 10.1. The molecule has 32 heavy (non-hydrogen) atoms. The zero-order valence-electron chi connectivity index (χ0n) is 18.7. The highest BCUT2D eigenvalue weighted by Gasteiger charge is 2.22. The van der Waals surface area contributed by atoms with Gasteiger partial charge in [-0.2, -0.15) is 15.0 Å². The second kappa shape index (κ2) is 9.68. The van der Waals surface area contributed by atoms with Gasteiger partial charge in [0.25, 0.3) is 6.01 Å². The number of hydrogen-bond acceptors (Lipinski definition) is 9. The maximum absolute atomic E-state index is 10.5. The predicted octanol–water partition coefficient (Wildman–Crippen LogP) is 1.80. The Morgan fingerprint density at radius 3 is 2.53 bits per heavy atom. The number of aromatic nitrogens is 4. The van der Waals surface area contributed by atoms with Crippen molar-refractivity contribution in [2.75, 3.05) is 39.1 Å². The van der Waals surface area contributed by atoms with E-state index in [4.69, 9.17) is 19.9 Å². The smallest absolute Gasteiger partial charge is 0.320 e. The van der Waals surface area contributed by atoms with E-state index in [-0.39, 0.29) is 30.0 Å². The van der Waals surface area contributed by atoms with Crippen LogP contribution in [0.15, 0.2) is 24.3 Å². The number of benzene rings is 1. The van der Waals surface area contributed by atoms with Crippen molar-refractivity contribution in [3.05, 3.63) is 35.4 Å². The molecule has 3 aromatic rings. The summed E-state index contributed by atoms with van der Waals surface area (Å²) in [5.41, 5.74) is 9.00. The molecule has 1 saturated heterocycles. The van der Waals surface area contributed by atoms with Crippen LogP contribution < -0.4 is 10.5 Å². The first-order chi connectivity index (χ1) is 15.4. The van der Waals surface area contributed by atoms with Gasteiger partial charge >= 0.3 is 6.01 Å². The van der Waals surface area contributed by atoms with Gasteiger partial charge < -0.3 is 25.1 Å². The largest absolute Gasteiger partial charge is 0.480 e. The minimum Gasteiger partial charge on any atom is -0.480 e. The van der Waals surface area contributed by atoms with Gasteiger partial charge in [0.15, 0.2) is 17.0 Å². The van der Waals surface area contributed by atoms with Gasteiger partial charge in [-0.3, -0.25) is 9.47 Å². The van der Waals surface area contributed by atoms with Crippen molar-refractivity contribution in [1.29, 1.82) is 0 Å². The number of rotatable bonds is 8. The zero-order chi connectivity index (χ0) is 22.7. The Bertz CT molecular complexity index is 1060. The van der Waals surface area contributed by atoms with Crippen LogP contribution in [0.4, 0.5) is 5.82 Å². The van der Waals surface area contributed by atoms with E-state index in [0.29, 0.717) is 30.9 Å². The Labute approximate surface area is 186 Å². The fraction of sp³-hybridized carbons (Fsp3) is 0.500. The summed E-state index contributed by atoms with van der Waals surface area (Å²) < 4.78 is 17.9. The Hall–Kier alpha value is -2.95. The van der Waals surface area contributed by atoms with E-state index < -0.39 is 0 Å². The van der Waals surface area contributed by atoms with Gasteiger partial charge in [-0.05, 0) is 25.0 Å². The monoisotopic (exact) mass is 442 g/mol. The molecule has 1 aliphatic heterocycles. The van der Waals surface area contributed by atoms with Crippen molar-refractivity contribution in [1.82, 2.24) is 24.4 Å². The molecule has 0 aliphatic carbocycles. The minimum atomic E-state index is -0.170. The van der Waals surface area contributed by atoms with Gasteiger partial charge in [0.2, 0.25) is 0 Å². The van der Waals surface area contributed by atoms with Crippen molar-refractivity contribution >= 4 is 17.0 Å². The molecule has 3 N–H and O–H groups in total. The number of anilines is 1. The molecule has 2 atom stereocenters. The maximum Gasteiger partial charge on any atom is 0.320 e. The maximum atomic E-state index is 10.5. The number of fused-ring (bicyclic) bond motifs is 1. The Morgan fingerprint density at radius 2 is 1.81 bits per heavy atom. The SMILES string of the molecule is COCCOc1nc(N)c2nc(O)n(Cc3cccc(CN4CC(C)OC(C)C4)c3)c2n1. The molecule has 3 heterocycles. The first-order valence-electron chi connectivity index (χ1n) is 10.7. The molecular formula is C22H30N6O4. The van der Waals surface area contributed by atoms with Gasteiger partial charge in [-0.25, -0.2) is 0 Å². The molecule has 0 spiro atoms. The van der Waals surface area contributed by atoms with E-state index in [0.717, 1.165) is 25.2 Å². The van der Waals surface area contributed by atoms with Crippen LogP contribution in [0, 0.1) is 0 Å². The third kappa shape index (κ3) is 5.09. The Balaban J connectivity index is 1.55. The summed E-state index contributed by atoms with van der Waals surface area (Å²) >= 11 is 0. The minimum absolute atomic E-state index is 0.123. The second-order valence-corrected chi connectivity index (χ2v) is 8.17. The number of methoxy groups -OCH3 is 1. The van der Waals surface area contributed by atoms with Crippen molar-refractivity contribution in [3.63, 3.8) is 0 Å². The molecule has 4 rings (SSSR count). The van der Waals surface area contributed by atoms with Crippen molar-refractivity contribution in [2.24, 2.45) is 0 Å². The quantitative estimate of drug-likeness (QED) is 0.503. The number of imidazole rings is 1. The predicted molar refractivity (Wildman–Crippen MR) is 120 cm³/mol. The van der Waals surface area contributed by atoms with Crippen LogP contribution in [-0.4, -0.2) is 75.1 Å². The van der Waals surface area contributed by atoms with Crippen LogP contribution in [0.5, 0.6) is 12.0 Å². The van der Waals surface area contributed by atoms with Gasteiger partial charge in [-0.15, -0.1) is 0 Å². The lowest BCUT2D eigenvalue weighted by molar-refractivity contribution is -0.0704. The number of morpholine rings is 1. The fourth-order valence-corrected chi connectivity index (χ4v) is 4.10. The molecule has 0 saturated carbocycles. The van der Waals surface area contributed by atoms with Gasteiger partial charge in [0.1, 0.15) is 6.61 Å². The first kappa shape index (κ1) is 22.3. The molecule has 1 aliphatic rings. The summed E-state index contributed by atoms with van der Waals surface area (Å²) in [6.45, 7) is 7.95. The Kier molecular flexibility index (Phi) is 6.73. The molecule has 0 bridgehead atoms. The third-order valence-corrected chi connectivity index (χ3v) is 5.33. The van der Waals surface area contributed by atoms with E-state index in [1.165, 1.54) is 5.56 Å². The molecule has 2 unspecified atom stereocenters. The number of ether oxygens (including phenoxy) is 3. The summed E-state index contributed by atoms with van der Waals surface area (Å²) in [5, 5.41) is 10.5. The Morgan fingerprint density at radius 1 is 1.09 bits per heavy atom. The normalized spacial score (nSPS) is 19.5. The topological polar surface area (TPSA) is 121 Å². The van der Waals surface area contributed by atoms with E-state index in [1.807, 2.05) is 12.1 Å². The molecule has 1 fully saturated rings. The summed E-state index contributed by atoms with van der Waals surface area (Å²) in [6, 6.07) is 8.24. The highest BCUT2D eigenvalue weighted by atomic mass is 16.5. The molecule has 172 valence electrons. The van der Waals surface area contributed by atoms with Crippen molar-refractivity contribution in [2.45, 2.75) is 39.1 Å².